The zero-order valence-corrected chi connectivity index (χ0v) is 16.7. The van der Waals surface area contributed by atoms with Gasteiger partial charge in [0.25, 0.3) is 12.4 Å². The van der Waals surface area contributed by atoms with Gasteiger partial charge in [0.1, 0.15) is 11.3 Å². The van der Waals surface area contributed by atoms with Crippen molar-refractivity contribution in [1.29, 1.82) is 0 Å². The number of amides is 1. The number of ether oxygens (including phenoxy) is 1. The van der Waals surface area contributed by atoms with Crippen LogP contribution in [0.2, 0.25) is 0 Å². The predicted octanol–water partition coefficient (Wildman–Crippen LogP) is -0.679. The van der Waals surface area contributed by atoms with E-state index in [1.54, 1.807) is 18.2 Å². The second-order valence-corrected chi connectivity index (χ2v) is 6.68. The number of nitrogens with one attached hydrogen (secondary N) is 2. The maximum atomic E-state index is 12.7. The van der Waals surface area contributed by atoms with Crippen molar-refractivity contribution in [3.63, 3.8) is 0 Å². The standard InChI is InChI=1S/C20H24BN3O7/c22-7-8-23-11-13-3-1-5-15(9-13)19(26)24-17(21(29)30)10-14-4-2-6-16(20(27)28)18(14)31-12-25/h1-6,9,12,17,23,29-30H,7-8,10-11,22H2,(H,24,26)(H,27,28)/t17-/m0/s1. The lowest BCUT2D eigenvalue weighted by Gasteiger charge is -2.20. The van der Waals surface area contributed by atoms with Gasteiger partial charge in [-0.15, -0.1) is 0 Å². The topological polar surface area (TPSA) is 171 Å². The molecular weight excluding hydrogens is 405 g/mol. The zero-order chi connectivity index (χ0) is 22.8. The second-order valence-electron chi connectivity index (χ2n) is 6.68. The van der Waals surface area contributed by atoms with Gasteiger partial charge in [0.05, 0.1) is 5.94 Å². The molecule has 31 heavy (non-hydrogen) atoms. The molecule has 0 aliphatic carbocycles. The molecule has 1 atom stereocenters. The van der Waals surface area contributed by atoms with Crippen LogP contribution in [0.25, 0.3) is 0 Å². The summed E-state index contributed by atoms with van der Waals surface area (Å²) in [5, 5.41) is 34.4. The van der Waals surface area contributed by atoms with Crippen LogP contribution >= 0.6 is 0 Å². The zero-order valence-electron chi connectivity index (χ0n) is 16.7. The molecule has 0 aliphatic heterocycles. The van der Waals surface area contributed by atoms with Crippen LogP contribution in [0.4, 0.5) is 0 Å². The molecule has 1 amide bonds. The molecule has 0 heterocycles. The summed E-state index contributed by atoms with van der Waals surface area (Å²) in [5.41, 5.74) is 6.54. The highest BCUT2D eigenvalue weighted by Crippen LogP contribution is 2.25. The summed E-state index contributed by atoms with van der Waals surface area (Å²) in [7, 11) is -1.95. The van der Waals surface area contributed by atoms with E-state index in [0.29, 0.717) is 25.2 Å². The quantitative estimate of drug-likeness (QED) is 0.145. The van der Waals surface area contributed by atoms with E-state index in [2.05, 4.69) is 10.6 Å². The van der Waals surface area contributed by atoms with Crippen LogP contribution in [0, 0.1) is 0 Å². The van der Waals surface area contributed by atoms with Crippen LogP contribution in [0.3, 0.4) is 0 Å². The first-order valence-corrected chi connectivity index (χ1v) is 9.49. The first kappa shape index (κ1) is 24.0. The number of nitrogens with two attached hydrogens (primary N) is 1. The average Bonchev–Trinajstić information content (AvgIpc) is 2.74. The summed E-state index contributed by atoms with van der Waals surface area (Å²) in [6, 6.07) is 10.9. The molecule has 0 unspecified atom stereocenters. The van der Waals surface area contributed by atoms with Gasteiger partial charge < -0.3 is 36.3 Å². The number of carbonyl (C=O) groups is 3. The first-order chi connectivity index (χ1) is 14.9. The largest absolute Gasteiger partial charge is 0.478 e. The van der Waals surface area contributed by atoms with Gasteiger partial charge in [-0.3, -0.25) is 9.59 Å². The highest BCUT2D eigenvalue weighted by atomic mass is 16.5. The summed E-state index contributed by atoms with van der Waals surface area (Å²) < 4.78 is 4.81. The third-order valence-electron chi connectivity index (χ3n) is 4.45. The minimum atomic E-state index is -1.95. The van der Waals surface area contributed by atoms with E-state index >= 15 is 0 Å². The van der Waals surface area contributed by atoms with Gasteiger partial charge in [-0.2, -0.15) is 0 Å². The Morgan fingerprint density at radius 2 is 1.94 bits per heavy atom. The molecule has 10 nitrogen and oxygen atoms in total. The number of carbonyl (C=O) groups excluding carboxylic acids is 2. The van der Waals surface area contributed by atoms with Gasteiger partial charge in [0.15, 0.2) is 0 Å². The van der Waals surface area contributed by atoms with E-state index in [-0.39, 0.29) is 29.8 Å². The van der Waals surface area contributed by atoms with Gasteiger partial charge >= 0.3 is 13.1 Å². The maximum Gasteiger partial charge on any atom is 0.475 e. The third kappa shape index (κ3) is 6.90. The fourth-order valence-electron chi connectivity index (χ4n) is 2.98. The van der Waals surface area contributed by atoms with E-state index in [0.717, 1.165) is 5.56 Å². The Balaban J connectivity index is 2.20. The lowest BCUT2D eigenvalue weighted by Crippen LogP contribution is -2.48. The molecule has 2 aromatic carbocycles. The van der Waals surface area contributed by atoms with E-state index in [1.165, 1.54) is 18.2 Å². The number of benzene rings is 2. The lowest BCUT2D eigenvalue weighted by molar-refractivity contribution is -0.120. The Labute approximate surface area is 179 Å². The Kier molecular flexibility index (Phi) is 9.16. The summed E-state index contributed by atoms with van der Waals surface area (Å²) in [5.74, 6) is -3.28. The van der Waals surface area contributed by atoms with Gasteiger partial charge in [0.2, 0.25) is 0 Å². The molecule has 0 bridgehead atoms. The van der Waals surface area contributed by atoms with E-state index in [9.17, 15) is 29.5 Å². The molecule has 2 rings (SSSR count). The monoisotopic (exact) mass is 429 g/mol. The van der Waals surface area contributed by atoms with Crippen molar-refractivity contribution < 1.29 is 34.3 Å². The number of hydrogen-bond acceptors (Lipinski definition) is 8. The third-order valence-corrected chi connectivity index (χ3v) is 4.45. The van der Waals surface area contributed by atoms with Gasteiger partial charge in [-0.25, -0.2) is 4.79 Å². The molecule has 0 spiro atoms. The van der Waals surface area contributed by atoms with Crippen molar-refractivity contribution in [2.75, 3.05) is 13.1 Å². The average molecular weight is 429 g/mol. The van der Waals surface area contributed by atoms with Crippen molar-refractivity contribution in [2.45, 2.75) is 18.9 Å². The molecular formula is C20H24BN3O7. The van der Waals surface area contributed by atoms with E-state index in [1.807, 2.05) is 6.07 Å². The molecule has 11 heteroatoms. The van der Waals surface area contributed by atoms with Crippen molar-refractivity contribution in [2.24, 2.45) is 5.73 Å². The fraction of sp³-hybridized carbons (Fsp3) is 0.250. The van der Waals surface area contributed by atoms with Crippen LogP contribution in [-0.4, -0.2) is 59.7 Å². The van der Waals surface area contributed by atoms with Crippen LogP contribution in [0.1, 0.15) is 31.8 Å². The molecule has 0 saturated heterocycles. The first-order valence-electron chi connectivity index (χ1n) is 9.49. The SMILES string of the molecule is NCCNCc1cccc(C(=O)N[C@@H](Cc2cccc(C(=O)O)c2OC=O)B(O)O)c1. The number of carboxylic acid groups (broad SMARTS) is 1. The highest BCUT2D eigenvalue weighted by Gasteiger charge is 2.28. The number of rotatable bonds is 12. The van der Waals surface area contributed by atoms with Crippen LogP contribution < -0.4 is 21.1 Å². The van der Waals surface area contributed by atoms with Gasteiger partial charge in [-0.05, 0) is 35.7 Å². The van der Waals surface area contributed by atoms with E-state index in [4.69, 9.17) is 10.5 Å². The summed E-state index contributed by atoms with van der Waals surface area (Å²) >= 11 is 0. The van der Waals surface area contributed by atoms with Crippen molar-refractivity contribution in [3.8, 4) is 5.75 Å². The fourth-order valence-corrected chi connectivity index (χ4v) is 2.98. The lowest BCUT2D eigenvalue weighted by atomic mass is 9.75. The van der Waals surface area contributed by atoms with Crippen LogP contribution in [0.5, 0.6) is 5.75 Å². The minimum Gasteiger partial charge on any atom is -0.478 e. The molecule has 0 aromatic heterocycles. The molecule has 0 aliphatic rings. The van der Waals surface area contributed by atoms with Gasteiger partial charge in [-0.1, -0.05) is 24.3 Å². The minimum absolute atomic E-state index is 0.0818. The molecule has 0 saturated carbocycles. The van der Waals surface area contributed by atoms with Crippen LogP contribution in [0.15, 0.2) is 42.5 Å². The Hall–Kier alpha value is -3.25. The van der Waals surface area contributed by atoms with Crippen LogP contribution in [-0.2, 0) is 17.8 Å². The second kappa shape index (κ2) is 11.8. The number of carboxylic acids is 1. The molecule has 7 N–H and O–H groups in total. The summed E-state index contributed by atoms with van der Waals surface area (Å²) in [6.07, 6.45) is -0.189. The normalized spacial score (nSPS) is 11.5. The predicted molar refractivity (Wildman–Crippen MR) is 112 cm³/mol. The summed E-state index contributed by atoms with van der Waals surface area (Å²) in [6.45, 7) is 1.70. The Morgan fingerprint density at radius 1 is 1.19 bits per heavy atom. The molecule has 0 fully saturated rings. The Morgan fingerprint density at radius 3 is 2.58 bits per heavy atom. The maximum absolute atomic E-state index is 12.7. The molecule has 164 valence electrons. The molecule has 0 radical (unpaired) electrons. The highest BCUT2D eigenvalue weighted by molar-refractivity contribution is 6.43. The van der Waals surface area contributed by atoms with Crippen molar-refractivity contribution in [3.05, 3.63) is 64.7 Å². The number of aromatic carboxylic acids is 1. The smallest absolute Gasteiger partial charge is 0.475 e. The molecule has 2 aromatic rings. The van der Waals surface area contributed by atoms with E-state index < -0.39 is 24.9 Å². The van der Waals surface area contributed by atoms with Crippen molar-refractivity contribution in [1.82, 2.24) is 10.6 Å². The summed E-state index contributed by atoms with van der Waals surface area (Å²) in [4.78, 5) is 34.9. The van der Waals surface area contributed by atoms with Gasteiger partial charge in [0, 0.05) is 25.2 Å². The number of para-hydroxylation sites is 1. The van der Waals surface area contributed by atoms with Crippen molar-refractivity contribution >= 4 is 25.5 Å². The number of hydrogen-bond donors (Lipinski definition) is 6. The Bertz CT molecular complexity index is 923.